The molecule has 6 heteroatoms. The summed E-state index contributed by atoms with van der Waals surface area (Å²) in [5, 5.41) is 0. The van der Waals surface area contributed by atoms with Crippen LogP contribution in [0, 0.1) is 5.92 Å². The van der Waals surface area contributed by atoms with Crippen molar-refractivity contribution in [2.45, 2.75) is 17.0 Å². The molecule has 0 aliphatic carbocycles. The van der Waals surface area contributed by atoms with Gasteiger partial charge in [-0.3, -0.25) is 4.79 Å². The minimum atomic E-state index is -1.71. The molecule has 86 valence electrons. The third kappa shape index (κ3) is 2.84. The second kappa shape index (κ2) is 5.16. The van der Waals surface area contributed by atoms with Crippen molar-refractivity contribution in [3.63, 3.8) is 0 Å². The molecule has 0 aromatic heterocycles. The summed E-state index contributed by atoms with van der Waals surface area (Å²) in [5.74, 6) is -1.35. The van der Waals surface area contributed by atoms with Crippen molar-refractivity contribution >= 4 is 29.1 Å². The van der Waals surface area contributed by atoms with Crippen LogP contribution in [0.3, 0.4) is 0 Å². The maximum Gasteiger partial charge on any atom is 0.254 e. The highest BCUT2D eigenvalue weighted by molar-refractivity contribution is 6.58. The number of halogens is 2. The number of hydrogen-bond donors (Lipinski definition) is 1. The average Bonchev–Trinajstić information content (AvgIpc) is 2.66. The number of ether oxygens (including phenoxy) is 2. The molecule has 0 spiro atoms. The standard InChI is InChI=1S/C9H13Cl2NO3/c1-2-3-6(7-14-4-5-15-7)9(10,11)8(12)13/h2,6-7H,1,3-5H2,(H2,12,13). The van der Waals surface area contributed by atoms with Crippen LogP contribution in [0.2, 0.25) is 0 Å². The van der Waals surface area contributed by atoms with Gasteiger partial charge in [0, 0.05) is 0 Å². The summed E-state index contributed by atoms with van der Waals surface area (Å²) in [6.45, 7) is 4.48. The zero-order valence-corrected chi connectivity index (χ0v) is 9.63. The van der Waals surface area contributed by atoms with Gasteiger partial charge in [0.05, 0.1) is 19.1 Å². The highest BCUT2D eigenvalue weighted by Crippen LogP contribution is 2.37. The maximum absolute atomic E-state index is 11.1. The van der Waals surface area contributed by atoms with E-state index < -0.39 is 22.4 Å². The fourth-order valence-corrected chi connectivity index (χ4v) is 1.79. The van der Waals surface area contributed by atoms with Gasteiger partial charge in [0.15, 0.2) is 6.29 Å². The normalized spacial score (nSPS) is 20.1. The molecule has 0 radical (unpaired) electrons. The first-order valence-electron chi connectivity index (χ1n) is 4.52. The molecule has 0 saturated carbocycles. The Bertz CT molecular complexity index is 252. The SMILES string of the molecule is C=CCC(C1OCCO1)C(Cl)(Cl)C(N)=O. The quantitative estimate of drug-likeness (QED) is 0.592. The molecule has 15 heavy (non-hydrogen) atoms. The molecule has 0 aromatic carbocycles. The monoisotopic (exact) mass is 253 g/mol. The summed E-state index contributed by atoms with van der Waals surface area (Å²) >= 11 is 11.8. The van der Waals surface area contributed by atoms with Crippen molar-refractivity contribution in [2.75, 3.05) is 13.2 Å². The summed E-state index contributed by atoms with van der Waals surface area (Å²) in [5.41, 5.74) is 5.12. The molecule has 1 unspecified atom stereocenters. The van der Waals surface area contributed by atoms with E-state index in [1.165, 1.54) is 0 Å². The van der Waals surface area contributed by atoms with Crippen molar-refractivity contribution in [1.29, 1.82) is 0 Å². The Morgan fingerprint density at radius 1 is 1.60 bits per heavy atom. The van der Waals surface area contributed by atoms with Gasteiger partial charge < -0.3 is 15.2 Å². The molecule has 1 aliphatic heterocycles. The van der Waals surface area contributed by atoms with Crippen LogP contribution in [0.4, 0.5) is 0 Å². The fourth-order valence-electron chi connectivity index (χ4n) is 1.40. The zero-order chi connectivity index (χ0) is 11.5. The van der Waals surface area contributed by atoms with Crippen LogP contribution in [-0.4, -0.2) is 29.7 Å². The lowest BCUT2D eigenvalue weighted by Gasteiger charge is -2.29. The molecule has 1 aliphatic rings. The van der Waals surface area contributed by atoms with Gasteiger partial charge in [-0.25, -0.2) is 0 Å². The van der Waals surface area contributed by atoms with Gasteiger partial charge >= 0.3 is 0 Å². The van der Waals surface area contributed by atoms with Crippen molar-refractivity contribution in [3.05, 3.63) is 12.7 Å². The molecule has 1 amide bonds. The van der Waals surface area contributed by atoms with E-state index in [9.17, 15) is 4.79 Å². The van der Waals surface area contributed by atoms with Crippen molar-refractivity contribution in [1.82, 2.24) is 0 Å². The highest BCUT2D eigenvalue weighted by atomic mass is 35.5. The second-order valence-electron chi connectivity index (χ2n) is 3.23. The number of alkyl halides is 2. The molecule has 1 heterocycles. The van der Waals surface area contributed by atoms with Gasteiger partial charge in [-0.05, 0) is 6.42 Å². The third-order valence-corrected chi connectivity index (χ3v) is 3.12. The van der Waals surface area contributed by atoms with Crippen LogP contribution in [0.5, 0.6) is 0 Å². The molecular formula is C9H13Cl2NO3. The zero-order valence-electron chi connectivity index (χ0n) is 8.12. The lowest BCUT2D eigenvalue weighted by molar-refractivity contribution is -0.127. The molecule has 1 saturated heterocycles. The summed E-state index contributed by atoms with van der Waals surface area (Å²) in [7, 11) is 0. The molecule has 1 fully saturated rings. The molecule has 0 aromatic rings. The number of rotatable bonds is 5. The minimum Gasteiger partial charge on any atom is -0.367 e. The Labute approximate surface area is 98.3 Å². The largest absolute Gasteiger partial charge is 0.367 e. The van der Waals surface area contributed by atoms with E-state index >= 15 is 0 Å². The predicted octanol–water partition coefficient (Wildman–Crippen LogP) is 1.21. The van der Waals surface area contributed by atoms with E-state index in [0.717, 1.165) is 0 Å². The van der Waals surface area contributed by atoms with Gasteiger partial charge in [0.1, 0.15) is 0 Å². The smallest absolute Gasteiger partial charge is 0.254 e. The number of hydrogen-bond acceptors (Lipinski definition) is 3. The molecule has 4 nitrogen and oxygen atoms in total. The number of allylic oxidation sites excluding steroid dienone is 1. The van der Waals surface area contributed by atoms with E-state index in [4.69, 9.17) is 38.4 Å². The van der Waals surface area contributed by atoms with Gasteiger partial charge in [0.25, 0.3) is 5.91 Å². The first-order valence-corrected chi connectivity index (χ1v) is 5.27. The number of nitrogens with two attached hydrogens (primary N) is 1. The van der Waals surface area contributed by atoms with Gasteiger partial charge in [0.2, 0.25) is 4.33 Å². The Morgan fingerprint density at radius 3 is 2.53 bits per heavy atom. The fraction of sp³-hybridized carbons (Fsp3) is 0.667. The Morgan fingerprint density at radius 2 is 2.13 bits per heavy atom. The summed E-state index contributed by atoms with van der Waals surface area (Å²) < 4.78 is 8.81. The van der Waals surface area contributed by atoms with E-state index in [1.54, 1.807) is 6.08 Å². The Hall–Kier alpha value is -0.290. The van der Waals surface area contributed by atoms with Crippen LogP contribution in [0.15, 0.2) is 12.7 Å². The van der Waals surface area contributed by atoms with E-state index in [-0.39, 0.29) is 0 Å². The number of carbonyl (C=O) groups is 1. The molecule has 1 atom stereocenters. The number of primary amides is 1. The first-order chi connectivity index (χ1) is 7.00. The van der Waals surface area contributed by atoms with Crippen LogP contribution in [-0.2, 0) is 14.3 Å². The van der Waals surface area contributed by atoms with Crippen molar-refractivity contribution < 1.29 is 14.3 Å². The van der Waals surface area contributed by atoms with Crippen LogP contribution in [0.25, 0.3) is 0 Å². The summed E-state index contributed by atoms with van der Waals surface area (Å²) in [6.07, 6.45) is 1.38. The van der Waals surface area contributed by atoms with Crippen molar-refractivity contribution in [2.24, 2.45) is 11.7 Å². The first kappa shape index (κ1) is 12.8. The Kier molecular flexibility index (Phi) is 4.40. The van der Waals surface area contributed by atoms with E-state index in [0.29, 0.717) is 19.6 Å². The minimum absolute atomic E-state index is 0.389. The average molecular weight is 254 g/mol. The third-order valence-electron chi connectivity index (χ3n) is 2.19. The molecule has 1 rings (SSSR count). The summed E-state index contributed by atoms with van der Waals surface area (Å²) in [6, 6.07) is 0. The van der Waals surface area contributed by atoms with Gasteiger partial charge in [-0.2, -0.15) is 0 Å². The topological polar surface area (TPSA) is 61.6 Å². The van der Waals surface area contributed by atoms with Crippen molar-refractivity contribution in [3.8, 4) is 0 Å². The second-order valence-corrected chi connectivity index (χ2v) is 4.61. The Balaban J connectivity index is 2.79. The predicted molar refractivity (Wildman–Crippen MR) is 57.6 cm³/mol. The highest BCUT2D eigenvalue weighted by Gasteiger charge is 2.46. The van der Waals surface area contributed by atoms with Crippen LogP contribution < -0.4 is 5.73 Å². The number of carbonyl (C=O) groups excluding carboxylic acids is 1. The molecule has 0 bridgehead atoms. The lowest BCUT2D eigenvalue weighted by Crippen LogP contribution is -2.45. The van der Waals surface area contributed by atoms with E-state index in [2.05, 4.69) is 6.58 Å². The number of amides is 1. The van der Waals surface area contributed by atoms with Gasteiger partial charge in [-0.1, -0.05) is 29.3 Å². The van der Waals surface area contributed by atoms with E-state index in [1.807, 2.05) is 0 Å². The molecule has 2 N–H and O–H groups in total. The summed E-state index contributed by atoms with van der Waals surface area (Å²) in [4.78, 5) is 11.1. The van der Waals surface area contributed by atoms with Gasteiger partial charge in [-0.15, -0.1) is 6.58 Å². The lowest BCUT2D eigenvalue weighted by atomic mass is 9.99. The molecular weight excluding hydrogens is 241 g/mol. The van der Waals surface area contributed by atoms with Crippen LogP contribution >= 0.6 is 23.2 Å². The van der Waals surface area contributed by atoms with Crippen LogP contribution in [0.1, 0.15) is 6.42 Å². The maximum atomic E-state index is 11.1.